The predicted octanol–water partition coefficient (Wildman–Crippen LogP) is 7.40. The maximum Gasteiger partial charge on any atom is 0.416 e. The van der Waals surface area contributed by atoms with Crippen molar-refractivity contribution in [1.82, 2.24) is 9.88 Å². The molecule has 1 N–H and O–H groups in total. The Balaban J connectivity index is 1.35. The van der Waals surface area contributed by atoms with Crippen LogP contribution in [-0.2, 0) is 33.2 Å². The zero-order valence-electron chi connectivity index (χ0n) is 25.8. The number of carboxylic acids is 1. The van der Waals surface area contributed by atoms with Gasteiger partial charge in [-0.3, -0.25) is 9.69 Å². The van der Waals surface area contributed by atoms with E-state index >= 15 is 4.39 Å². The SMILES string of the molecule is COC1=CC(F)C(C2CC(C(=O)O)C2)C=C1c1ccc(N2CCC2)nc1CN1C(=O)O[C@H](c2cc(C(F)(F)F)cc(C(F)(F)F)c2)[C@@H]1C. The van der Waals surface area contributed by atoms with Gasteiger partial charge in [-0.2, -0.15) is 26.3 Å². The summed E-state index contributed by atoms with van der Waals surface area (Å²) in [5.41, 5.74) is -2.24. The van der Waals surface area contributed by atoms with Crippen LogP contribution in [0.5, 0.6) is 0 Å². The number of amides is 1. The van der Waals surface area contributed by atoms with Gasteiger partial charge in [0.25, 0.3) is 0 Å². The number of carbonyl (C=O) groups excluding carboxylic acids is 1. The van der Waals surface area contributed by atoms with Gasteiger partial charge >= 0.3 is 24.4 Å². The van der Waals surface area contributed by atoms with Crippen molar-refractivity contribution in [2.24, 2.45) is 17.8 Å². The smallest absolute Gasteiger partial charge is 0.416 e. The molecule has 8 nitrogen and oxygen atoms in total. The quantitative estimate of drug-likeness (QED) is 0.290. The fourth-order valence-electron chi connectivity index (χ4n) is 6.73. The molecule has 2 aliphatic carbocycles. The Kier molecular flexibility index (Phi) is 8.61. The number of halogens is 7. The molecular weight excluding hydrogens is 651 g/mol. The van der Waals surface area contributed by atoms with Crippen LogP contribution in [0.15, 0.2) is 48.2 Å². The van der Waals surface area contributed by atoms with Crippen molar-refractivity contribution < 1.29 is 54.9 Å². The molecule has 258 valence electrons. The zero-order chi connectivity index (χ0) is 34.7. The number of ether oxygens (including phenoxy) is 2. The lowest BCUT2D eigenvalue weighted by atomic mass is 9.65. The molecule has 0 radical (unpaired) electrons. The number of cyclic esters (lactones) is 1. The first-order valence-electron chi connectivity index (χ1n) is 15.4. The van der Waals surface area contributed by atoms with Gasteiger partial charge in [0.05, 0.1) is 42.4 Å². The lowest BCUT2D eigenvalue weighted by molar-refractivity contribution is -0.147. The van der Waals surface area contributed by atoms with Crippen LogP contribution in [0.4, 0.5) is 41.3 Å². The minimum absolute atomic E-state index is 0.0135. The van der Waals surface area contributed by atoms with E-state index in [2.05, 4.69) is 0 Å². The maximum absolute atomic E-state index is 15.4. The summed E-state index contributed by atoms with van der Waals surface area (Å²) >= 11 is 0. The Hall–Kier alpha value is -4.30. The van der Waals surface area contributed by atoms with Crippen molar-refractivity contribution in [3.05, 3.63) is 76.2 Å². The Morgan fingerprint density at radius 3 is 2.23 bits per heavy atom. The van der Waals surface area contributed by atoms with Crippen molar-refractivity contribution in [1.29, 1.82) is 0 Å². The number of anilines is 1. The third kappa shape index (κ3) is 6.30. The van der Waals surface area contributed by atoms with Crippen molar-refractivity contribution in [3.8, 4) is 0 Å². The van der Waals surface area contributed by atoms with E-state index in [1.54, 1.807) is 18.2 Å². The van der Waals surface area contributed by atoms with Gasteiger partial charge < -0.3 is 19.5 Å². The lowest BCUT2D eigenvalue weighted by Gasteiger charge is -2.39. The molecule has 15 heteroatoms. The van der Waals surface area contributed by atoms with Gasteiger partial charge in [-0.1, -0.05) is 6.08 Å². The molecule has 2 unspecified atom stereocenters. The number of nitrogens with zero attached hydrogens (tertiary/aromatic N) is 3. The largest absolute Gasteiger partial charge is 0.496 e. The molecule has 0 spiro atoms. The average molecular weight is 684 g/mol. The second-order valence-corrected chi connectivity index (χ2v) is 12.6. The van der Waals surface area contributed by atoms with E-state index in [-0.39, 0.29) is 24.3 Å². The van der Waals surface area contributed by atoms with Crippen LogP contribution in [-0.4, -0.2) is 59.5 Å². The number of hydrogen-bond donors (Lipinski definition) is 1. The second kappa shape index (κ2) is 12.3. The van der Waals surface area contributed by atoms with Crippen molar-refractivity contribution in [2.45, 2.75) is 63.4 Å². The fraction of sp³-hybridized carbons (Fsp3) is 0.485. The third-order valence-corrected chi connectivity index (χ3v) is 9.67. The van der Waals surface area contributed by atoms with Crippen molar-refractivity contribution in [3.63, 3.8) is 0 Å². The van der Waals surface area contributed by atoms with Crippen molar-refractivity contribution >= 4 is 23.5 Å². The van der Waals surface area contributed by atoms with Crippen LogP contribution < -0.4 is 4.90 Å². The van der Waals surface area contributed by atoms with Gasteiger partial charge in [-0.15, -0.1) is 0 Å². The number of rotatable bonds is 8. The van der Waals surface area contributed by atoms with Gasteiger partial charge in [-0.25, -0.2) is 14.2 Å². The molecule has 2 saturated heterocycles. The summed E-state index contributed by atoms with van der Waals surface area (Å²) in [6.45, 7) is 2.69. The number of allylic oxidation sites excluding steroid dienone is 3. The topological polar surface area (TPSA) is 92.2 Å². The predicted molar refractivity (Wildman–Crippen MR) is 157 cm³/mol. The molecule has 1 saturated carbocycles. The van der Waals surface area contributed by atoms with Crippen LogP contribution in [0.3, 0.4) is 0 Å². The number of carbonyl (C=O) groups is 2. The van der Waals surface area contributed by atoms with E-state index in [0.29, 0.717) is 47.6 Å². The van der Waals surface area contributed by atoms with Crippen LogP contribution >= 0.6 is 0 Å². The monoisotopic (exact) mass is 683 g/mol. The van der Waals surface area contributed by atoms with E-state index in [4.69, 9.17) is 14.5 Å². The summed E-state index contributed by atoms with van der Waals surface area (Å²) in [7, 11) is 1.37. The van der Waals surface area contributed by atoms with Crippen LogP contribution in [0.1, 0.15) is 60.2 Å². The lowest BCUT2D eigenvalue weighted by Crippen LogP contribution is -2.39. The number of hydrogen-bond acceptors (Lipinski definition) is 6. The molecule has 4 aliphatic rings. The third-order valence-electron chi connectivity index (χ3n) is 9.67. The minimum atomic E-state index is -5.08. The van der Waals surface area contributed by atoms with E-state index in [0.717, 1.165) is 19.5 Å². The van der Waals surface area contributed by atoms with E-state index in [1.165, 1.54) is 25.0 Å². The van der Waals surface area contributed by atoms with E-state index < -0.39 is 71.3 Å². The van der Waals surface area contributed by atoms with Gasteiger partial charge in [0.1, 0.15) is 23.9 Å². The number of pyridine rings is 1. The first kappa shape index (κ1) is 33.6. The zero-order valence-corrected chi connectivity index (χ0v) is 25.8. The summed E-state index contributed by atoms with van der Waals surface area (Å²) in [5.74, 6) is -1.59. The second-order valence-electron chi connectivity index (χ2n) is 12.6. The molecule has 3 heterocycles. The molecule has 3 fully saturated rings. The standard InChI is InChI=1S/C33H32F7N3O5/c1-16-29(18-10-20(32(35,36)37)12-21(11-18)33(38,39)40)48-31(46)43(16)15-26-22(4-5-28(41-26)42-6-3-7-42)24-13-23(25(34)14-27(24)47-2)17-8-19(9-17)30(44)45/h4-5,10-14,16-17,19,23,25,29H,3,6-9,15H2,1-2H3,(H,44,45)/t16-,17?,19?,23?,25?,29-/m0/s1. The molecule has 48 heavy (non-hydrogen) atoms. The summed E-state index contributed by atoms with van der Waals surface area (Å²) in [4.78, 5) is 32.6. The van der Waals surface area contributed by atoms with Gasteiger partial charge in [0.15, 0.2) is 0 Å². The van der Waals surface area contributed by atoms with E-state index in [9.17, 15) is 41.0 Å². The molecular formula is C33H32F7N3O5. The molecule has 2 aliphatic heterocycles. The molecule has 1 aromatic carbocycles. The Bertz CT molecular complexity index is 1630. The summed E-state index contributed by atoms with van der Waals surface area (Å²) in [6, 6.07) is 3.62. The van der Waals surface area contributed by atoms with Gasteiger partial charge in [0.2, 0.25) is 0 Å². The highest BCUT2D eigenvalue weighted by Crippen LogP contribution is 2.47. The van der Waals surface area contributed by atoms with Crippen molar-refractivity contribution in [2.75, 3.05) is 25.1 Å². The fourth-order valence-corrected chi connectivity index (χ4v) is 6.73. The van der Waals surface area contributed by atoms with Gasteiger partial charge in [-0.05, 0) is 74.1 Å². The molecule has 6 rings (SSSR count). The highest BCUT2D eigenvalue weighted by atomic mass is 19.4. The normalized spacial score (nSPS) is 27.5. The summed E-state index contributed by atoms with van der Waals surface area (Å²) < 4.78 is 108. The highest BCUT2D eigenvalue weighted by Gasteiger charge is 2.45. The number of carboxylic acid groups (broad SMARTS) is 1. The van der Waals surface area contributed by atoms with Gasteiger partial charge in [0, 0.05) is 30.1 Å². The number of benzene rings is 1. The molecule has 4 atom stereocenters. The molecule has 2 aromatic rings. The Morgan fingerprint density at radius 2 is 1.69 bits per heavy atom. The number of aliphatic carboxylic acids is 1. The summed E-state index contributed by atoms with van der Waals surface area (Å²) in [5, 5.41) is 9.33. The maximum atomic E-state index is 15.4. The van der Waals surface area contributed by atoms with Crippen LogP contribution in [0.25, 0.3) is 5.57 Å². The van der Waals surface area contributed by atoms with Crippen LogP contribution in [0, 0.1) is 17.8 Å². The number of methoxy groups -OCH3 is 1. The summed E-state index contributed by atoms with van der Waals surface area (Å²) in [6.07, 6.45) is -9.46. The number of alkyl halides is 7. The highest BCUT2D eigenvalue weighted by molar-refractivity contribution is 5.81. The number of aromatic nitrogens is 1. The van der Waals surface area contributed by atoms with E-state index in [1.807, 2.05) is 4.90 Å². The Labute approximate surface area is 270 Å². The van der Waals surface area contributed by atoms with Crippen LogP contribution in [0.2, 0.25) is 0 Å². The minimum Gasteiger partial charge on any atom is -0.496 e. The first-order chi connectivity index (χ1) is 22.5. The first-order valence-corrected chi connectivity index (χ1v) is 15.4. The Morgan fingerprint density at radius 1 is 1.04 bits per heavy atom. The molecule has 0 bridgehead atoms. The molecule has 1 aromatic heterocycles. The molecule has 1 amide bonds. The average Bonchev–Trinajstić information content (AvgIpc) is 3.23.